The van der Waals surface area contributed by atoms with Crippen molar-refractivity contribution in [2.24, 2.45) is 0 Å². The first kappa shape index (κ1) is 16.1. The van der Waals surface area contributed by atoms with Gasteiger partial charge in [-0.15, -0.1) is 11.3 Å². The molecule has 1 aromatic heterocycles. The van der Waals surface area contributed by atoms with Gasteiger partial charge in [0.25, 0.3) is 5.91 Å². The van der Waals surface area contributed by atoms with Gasteiger partial charge in [0.1, 0.15) is 5.75 Å². The maximum absolute atomic E-state index is 12.5. The van der Waals surface area contributed by atoms with Crippen molar-refractivity contribution in [1.29, 1.82) is 0 Å². The molecule has 1 amide bonds. The number of anilines is 1. The third-order valence-corrected chi connectivity index (χ3v) is 5.27. The minimum atomic E-state index is -0.342. The Hall–Kier alpha value is -2.44. The maximum atomic E-state index is 12.5. The quantitative estimate of drug-likeness (QED) is 0.748. The first-order chi connectivity index (χ1) is 12.2. The van der Waals surface area contributed by atoms with Gasteiger partial charge in [-0.3, -0.25) is 15.0 Å². The van der Waals surface area contributed by atoms with E-state index in [1.54, 1.807) is 12.1 Å². The number of amides is 1. The van der Waals surface area contributed by atoms with Gasteiger partial charge in [-0.25, -0.2) is 4.98 Å². The van der Waals surface area contributed by atoms with Crippen LogP contribution < -0.4 is 5.32 Å². The van der Waals surface area contributed by atoms with Crippen molar-refractivity contribution in [1.82, 2.24) is 9.88 Å². The second-order valence-electron chi connectivity index (χ2n) is 6.30. The number of phenols is 1. The summed E-state index contributed by atoms with van der Waals surface area (Å²) in [6.45, 7) is 3.06. The molecule has 6 heteroatoms. The molecule has 2 heterocycles. The van der Waals surface area contributed by atoms with E-state index in [9.17, 15) is 9.90 Å². The number of aromatic nitrogens is 1. The van der Waals surface area contributed by atoms with Crippen molar-refractivity contribution in [2.75, 3.05) is 18.4 Å². The Balaban J connectivity index is 1.50. The molecule has 1 aliphatic rings. The van der Waals surface area contributed by atoms with Crippen molar-refractivity contribution in [3.63, 3.8) is 0 Å². The summed E-state index contributed by atoms with van der Waals surface area (Å²) in [5.41, 5.74) is 1.24. The van der Waals surface area contributed by atoms with Crippen molar-refractivity contribution in [3.05, 3.63) is 53.0 Å². The molecule has 0 aliphatic carbocycles. The highest BCUT2D eigenvalue weighted by molar-refractivity contribution is 7.14. The number of carbonyl (C=O) groups is 1. The predicted octanol–water partition coefficient (Wildman–Crippen LogP) is 3.85. The molecular weight excluding hydrogens is 334 g/mol. The second-order valence-corrected chi connectivity index (χ2v) is 7.16. The van der Waals surface area contributed by atoms with Gasteiger partial charge in [-0.05, 0) is 48.8 Å². The van der Waals surface area contributed by atoms with Crippen LogP contribution in [0.1, 0.15) is 28.9 Å². The lowest BCUT2D eigenvalue weighted by atomic mass is 10.1. The number of thiazole rings is 1. The highest BCUT2D eigenvalue weighted by atomic mass is 32.1. The summed E-state index contributed by atoms with van der Waals surface area (Å²) in [4.78, 5) is 19.4. The Morgan fingerprint density at radius 3 is 2.68 bits per heavy atom. The monoisotopic (exact) mass is 353 g/mol. The number of likely N-dealkylation sites (tertiary alicyclic amines) is 1. The fourth-order valence-corrected chi connectivity index (χ4v) is 3.88. The van der Waals surface area contributed by atoms with E-state index >= 15 is 0 Å². The van der Waals surface area contributed by atoms with Crippen LogP contribution in [0, 0.1) is 0 Å². The fourth-order valence-electron chi connectivity index (χ4n) is 3.18. The summed E-state index contributed by atoms with van der Waals surface area (Å²) >= 11 is 1.41. The van der Waals surface area contributed by atoms with Gasteiger partial charge in [-0.2, -0.15) is 0 Å². The third-order valence-electron chi connectivity index (χ3n) is 4.47. The predicted molar refractivity (Wildman–Crippen MR) is 100 cm³/mol. The number of nitrogens with one attached hydrogen (secondary N) is 1. The van der Waals surface area contributed by atoms with Crippen LogP contribution in [0.15, 0.2) is 41.8 Å². The van der Waals surface area contributed by atoms with Crippen LogP contribution in [0.2, 0.25) is 0 Å². The molecule has 0 spiro atoms. The van der Waals surface area contributed by atoms with E-state index < -0.39 is 0 Å². The average Bonchev–Trinajstić information content (AvgIpc) is 3.27. The van der Waals surface area contributed by atoms with Gasteiger partial charge in [0.2, 0.25) is 0 Å². The molecule has 0 saturated carbocycles. The van der Waals surface area contributed by atoms with Crippen LogP contribution >= 0.6 is 11.3 Å². The molecule has 2 aromatic carbocycles. The second kappa shape index (κ2) is 6.82. The highest BCUT2D eigenvalue weighted by Gasteiger charge is 2.16. The van der Waals surface area contributed by atoms with E-state index in [1.165, 1.54) is 24.2 Å². The van der Waals surface area contributed by atoms with Crippen molar-refractivity contribution in [2.45, 2.75) is 19.4 Å². The van der Waals surface area contributed by atoms with E-state index in [2.05, 4.69) is 15.2 Å². The van der Waals surface area contributed by atoms with Crippen LogP contribution in [0.4, 0.5) is 5.13 Å². The molecule has 25 heavy (non-hydrogen) atoms. The van der Waals surface area contributed by atoms with E-state index in [1.807, 2.05) is 29.6 Å². The van der Waals surface area contributed by atoms with Gasteiger partial charge >= 0.3 is 0 Å². The maximum Gasteiger partial charge on any atom is 0.261 e. The normalized spacial score (nSPS) is 14.9. The van der Waals surface area contributed by atoms with E-state index in [0.29, 0.717) is 5.13 Å². The lowest BCUT2D eigenvalue weighted by Crippen LogP contribution is -2.18. The Morgan fingerprint density at radius 2 is 1.92 bits per heavy atom. The number of carbonyl (C=O) groups excluding carboxylic acids is 1. The van der Waals surface area contributed by atoms with Crippen molar-refractivity contribution >= 4 is 33.1 Å². The lowest BCUT2D eigenvalue weighted by molar-refractivity contribution is 0.102. The molecule has 1 saturated heterocycles. The van der Waals surface area contributed by atoms with Crippen molar-refractivity contribution in [3.8, 4) is 5.75 Å². The zero-order valence-electron chi connectivity index (χ0n) is 13.7. The summed E-state index contributed by atoms with van der Waals surface area (Å²) in [6, 6.07) is 11.0. The van der Waals surface area contributed by atoms with E-state index in [4.69, 9.17) is 0 Å². The molecule has 0 bridgehead atoms. The third kappa shape index (κ3) is 3.50. The number of hydrogen-bond acceptors (Lipinski definition) is 5. The molecule has 4 rings (SSSR count). The highest BCUT2D eigenvalue weighted by Crippen LogP contribution is 2.26. The molecule has 3 aromatic rings. The van der Waals surface area contributed by atoms with Gasteiger partial charge < -0.3 is 5.11 Å². The minimum absolute atomic E-state index is 0.0231. The smallest absolute Gasteiger partial charge is 0.261 e. The number of fused-ring (bicyclic) bond motifs is 1. The zero-order valence-corrected chi connectivity index (χ0v) is 14.6. The number of phenolic OH excluding ortho intramolecular Hbond substituents is 1. The molecule has 128 valence electrons. The van der Waals surface area contributed by atoms with Gasteiger partial charge in [0.05, 0.1) is 11.3 Å². The Labute approximate surface area is 149 Å². The van der Waals surface area contributed by atoms with E-state index in [-0.39, 0.29) is 17.2 Å². The van der Waals surface area contributed by atoms with E-state index in [0.717, 1.165) is 36.1 Å². The minimum Gasteiger partial charge on any atom is -0.507 e. The Kier molecular flexibility index (Phi) is 4.38. The average molecular weight is 353 g/mol. The SMILES string of the molecule is O=C(Nc1nc(CN2CCCC2)cs1)c1cc2ccccc2cc1O. The Morgan fingerprint density at radius 1 is 1.20 bits per heavy atom. The molecule has 1 aliphatic heterocycles. The largest absolute Gasteiger partial charge is 0.507 e. The first-order valence-electron chi connectivity index (χ1n) is 8.39. The molecule has 5 nitrogen and oxygen atoms in total. The van der Waals surface area contributed by atoms with Crippen LogP contribution in [0.3, 0.4) is 0 Å². The molecule has 0 unspecified atom stereocenters. The zero-order chi connectivity index (χ0) is 17.2. The van der Waals surface area contributed by atoms with Crippen LogP contribution in [-0.2, 0) is 6.54 Å². The Bertz CT molecular complexity index is 916. The summed E-state index contributed by atoms with van der Waals surface area (Å²) < 4.78 is 0. The number of aromatic hydroxyl groups is 1. The number of hydrogen-bond donors (Lipinski definition) is 2. The first-order valence-corrected chi connectivity index (χ1v) is 9.27. The van der Waals surface area contributed by atoms with Crippen LogP contribution in [0.25, 0.3) is 10.8 Å². The van der Waals surface area contributed by atoms with Crippen LogP contribution in [-0.4, -0.2) is 34.0 Å². The summed E-state index contributed by atoms with van der Waals surface area (Å²) in [7, 11) is 0. The van der Waals surface area contributed by atoms with Crippen LogP contribution in [0.5, 0.6) is 5.75 Å². The van der Waals surface area contributed by atoms with Gasteiger partial charge in [0.15, 0.2) is 5.13 Å². The summed E-state index contributed by atoms with van der Waals surface area (Å²) in [6.07, 6.45) is 2.49. The summed E-state index contributed by atoms with van der Waals surface area (Å²) in [5.74, 6) is -0.365. The molecular formula is C19H19N3O2S. The number of rotatable bonds is 4. The number of nitrogens with zero attached hydrogens (tertiary/aromatic N) is 2. The standard InChI is InChI=1S/C19H19N3O2S/c23-17-10-14-6-2-1-5-13(14)9-16(17)18(24)21-19-20-15(12-25-19)11-22-7-3-4-8-22/h1-2,5-6,9-10,12,23H,3-4,7-8,11H2,(H,20,21,24). The van der Waals surface area contributed by atoms with Gasteiger partial charge in [-0.1, -0.05) is 24.3 Å². The summed E-state index contributed by atoms with van der Waals surface area (Å²) in [5, 5.41) is 17.3. The number of benzene rings is 2. The fraction of sp³-hybridized carbons (Fsp3) is 0.263. The van der Waals surface area contributed by atoms with Crippen molar-refractivity contribution < 1.29 is 9.90 Å². The molecule has 2 N–H and O–H groups in total. The lowest BCUT2D eigenvalue weighted by Gasteiger charge is -2.11. The topological polar surface area (TPSA) is 65.5 Å². The molecule has 0 atom stereocenters. The van der Waals surface area contributed by atoms with Gasteiger partial charge in [0, 0.05) is 11.9 Å². The molecule has 1 fully saturated rings. The molecule has 0 radical (unpaired) electrons.